The van der Waals surface area contributed by atoms with Crippen LogP contribution in [0.5, 0.6) is 11.5 Å². The summed E-state index contributed by atoms with van der Waals surface area (Å²) in [6.07, 6.45) is 1.31. The molecule has 0 aromatic heterocycles. The highest BCUT2D eigenvalue weighted by Crippen LogP contribution is 2.35. The minimum absolute atomic E-state index is 0.00724. The van der Waals surface area contributed by atoms with Gasteiger partial charge in [0.2, 0.25) is 0 Å². The van der Waals surface area contributed by atoms with Gasteiger partial charge < -0.3 is 24.0 Å². The standard InChI is InChI=1S/C25H32N2O4/c1-4-18(2)19-5-8-21(9-6-19)31-23-11-12-27(25(23)28)20-7-10-22(24(17-20)29-3)26-13-15-30-16-14-26/h5-10,17-18,23H,4,11-16H2,1-3H3. The molecule has 0 radical (unpaired) electrons. The molecule has 0 aliphatic carbocycles. The number of hydrogen-bond acceptors (Lipinski definition) is 5. The van der Waals surface area contributed by atoms with E-state index in [2.05, 4.69) is 30.9 Å². The van der Waals surface area contributed by atoms with E-state index in [0.29, 0.717) is 32.1 Å². The van der Waals surface area contributed by atoms with Gasteiger partial charge in [0, 0.05) is 37.8 Å². The summed E-state index contributed by atoms with van der Waals surface area (Å²) in [4.78, 5) is 17.1. The van der Waals surface area contributed by atoms with E-state index in [1.165, 1.54) is 5.56 Å². The van der Waals surface area contributed by atoms with E-state index in [9.17, 15) is 4.79 Å². The average molecular weight is 425 g/mol. The van der Waals surface area contributed by atoms with Crippen LogP contribution in [0.2, 0.25) is 0 Å². The lowest BCUT2D eigenvalue weighted by molar-refractivity contribution is -0.122. The molecule has 31 heavy (non-hydrogen) atoms. The molecule has 6 heteroatoms. The normalized spacial score (nSPS) is 20.1. The number of rotatable bonds is 7. The summed E-state index contributed by atoms with van der Waals surface area (Å²) < 4.78 is 17.1. The number of morpholine rings is 1. The number of hydrogen-bond donors (Lipinski definition) is 0. The number of amides is 1. The molecule has 6 nitrogen and oxygen atoms in total. The summed E-state index contributed by atoms with van der Waals surface area (Å²) in [6.45, 7) is 8.14. The number of benzene rings is 2. The van der Waals surface area contributed by atoms with Crippen LogP contribution < -0.4 is 19.3 Å². The maximum Gasteiger partial charge on any atom is 0.268 e. The largest absolute Gasteiger partial charge is 0.495 e. The molecule has 2 aromatic carbocycles. The van der Waals surface area contributed by atoms with Crippen LogP contribution in [-0.4, -0.2) is 52.0 Å². The number of ether oxygens (including phenoxy) is 3. The Labute approximate surface area is 184 Å². The van der Waals surface area contributed by atoms with Gasteiger partial charge in [-0.2, -0.15) is 0 Å². The van der Waals surface area contributed by atoms with Crippen LogP contribution in [0.15, 0.2) is 42.5 Å². The van der Waals surface area contributed by atoms with Crippen molar-refractivity contribution in [2.24, 2.45) is 0 Å². The van der Waals surface area contributed by atoms with Crippen molar-refractivity contribution in [3.63, 3.8) is 0 Å². The fraction of sp³-hybridized carbons (Fsp3) is 0.480. The van der Waals surface area contributed by atoms with Crippen molar-refractivity contribution in [2.75, 3.05) is 49.8 Å². The molecule has 2 aliphatic rings. The third kappa shape index (κ3) is 4.64. The smallest absolute Gasteiger partial charge is 0.268 e. The van der Waals surface area contributed by atoms with Gasteiger partial charge in [0.15, 0.2) is 6.10 Å². The molecule has 4 rings (SSSR count). The molecular formula is C25H32N2O4. The number of carbonyl (C=O) groups is 1. The Bertz CT molecular complexity index is 893. The minimum atomic E-state index is -0.459. The number of nitrogens with zero attached hydrogens (tertiary/aromatic N) is 2. The number of methoxy groups -OCH3 is 1. The van der Waals surface area contributed by atoms with E-state index >= 15 is 0 Å². The van der Waals surface area contributed by atoms with Crippen LogP contribution in [0.3, 0.4) is 0 Å². The van der Waals surface area contributed by atoms with Gasteiger partial charge in [-0.25, -0.2) is 0 Å². The zero-order valence-electron chi connectivity index (χ0n) is 18.7. The average Bonchev–Trinajstić information content (AvgIpc) is 3.19. The highest BCUT2D eigenvalue weighted by Gasteiger charge is 2.35. The Kier molecular flexibility index (Phi) is 6.66. The Hall–Kier alpha value is -2.73. The second kappa shape index (κ2) is 9.60. The number of anilines is 2. The fourth-order valence-electron chi connectivity index (χ4n) is 4.19. The predicted molar refractivity (Wildman–Crippen MR) is 123 cm³/mol. The van der Waals surface area contributed by atoms with E-state index in [1.54, 1.807) is 12.0 Å². The Morgan fingerprint density at radius 3 is 2.52 bits per heavy atom. The van der Waals surface area contributed by atoms with Crippen molar-refractivity contribution in [1.29, 1.82) is 0 Å². The second-order valence-corrected chi connectivity index (χ2v) is 8.22. The molecular weight excluding hydrogens is 392 g/mol. The van der Waals surface area contributed by atoms with Crippen LogP contribution in [0.4, 0.5) is 11.4 Å². The van der Waals surface area contributed by atoms with E-state index in [1.807, 2.05) is 30.3 Å². The van der Waals surface area contributed by atoms with E-state index in [0.717, 1.165) is 42.4 Å². The van der Waals surface area contributed by atoms with Crippen LogP contribution in [-0.2, 0) is 9.53 Å². The summed E-state index contributed by atoms with van der Waals surface area (Å²) in [7, 11) is 1.67. The van der Waals surface area contributed by atoms with Crippen LogP contribution in [0.25, 0.3) is 0 Å². The topological polar surface area (TPSA) is 51.2 Å². The lowest BCUT2D eigenvalue weighted by Crippen LogP contribution is -2.36. The Balaban J connectivity index is 1.44. The molecule has 2 fully saturated rings. The number of carbonyl (C=O) groups excluding carboxylic acids is 1. The lowest BCUT2D eigenvalue weighted by Gasteiger charge is -2.30. The van der Waals surface area contributed by atoms with Crippen LogP contribution in [0.1, 0.15) is 38.2 Å². The van der Waals surface area contributed by atoms with Gasteiger partial charge in [-0.3, -0.25) is 4.79 Å². The highest BCUT2D eigenvalue weighted by molar-refractivity contribution is 5.99. The Morgan fingerprint density at radius 1 is 1.10 bits per heavy atom. The van der Waals surface area contributed by atoms with Crippen molar-refractivity contribution in [1.82, 2.24) is 0 Å². The first kappa shape index (κ1) is 21.5. The first-order chi connectivity index (χ1) is 15.1. The van der Waals surface area contributed by atoms with E-state index < -0.39 is 6.10 Å². The van der Waals surface area contributed by atoms with Crippen molar-refractivity contribution in [2.45, 2.75) is 38.7 Å². The minimum Gasteiger partial charge on any atom is -0.495 e. The highest BCUT2D eigenvalue weighted by atomic mass is 16.5. The first-order valence-electron chi connectivity index (χ1n) is 11.2. The summed E-state index contributed by atoms with van der Waals surface area (Å²) in [6, 6.07) is 14.1. The summed E-state index contributed by atoms with van der Waals surface area (Å²) in [5.74, 6) is 2.03. The molecule has 2 saturated heterocycles. The van der Waals surface area contributed by atoms with Gasteiger partial charge in [-0.15, -0.1) is 0 Å². The van der Waals surface area contributed by atoms with Crippen molar-refractivity contribution in [3.8, 4) is 11.5 Å². The van der Waals surface area contributed by atoms with Gasteiger partial charge in [-0.05, 0) is 42.2 Å². The van der Waals surface area contributed by atoms with Crippen molar-refractivity contribution < 1.29 is 19.0 Å². The first-order valence-corrected chi connectivity index (χ1v) is 11.2. The van der Waals surface area contributed by atoms with Gasteiger partial charge in [-0.1, -0.05) is 26.0 Å². The molecule has 2 aromatic rings. The molecule has 0 spiro atoms. The molecule has 2 aliphatic heterocycles. The molecule has 2 heterocycles. The zero-order valence-corrected chi connectivity index (χ0v) is 18.7. The van der Waals surface area contributed by atoms with Gasteiger partial charge >= 0.3 is 0 Å². The summed E-state index contributed by atoms with van der Waals surface area (Å²) in [5, 5.41) is 0. The second-order valence-electron chi connectivity index (χ2n) is 8.22. The monoisotopic (exact) mass is 424 g/mol. The molecule has 2 unspecified atom stereocenters. The molecule has 2 atom stereocenters. The lowest BCUT2D eigenvalue weighted by atomic mass is 9.99. The van der Waals surface area contributed by atoms with Crippen molar-refractivity contribution in [3.05, 3.63) is 48.0 Å². The van der Waals surface area contributed by atoms with Gasteiger partial charge in [0.1, 0.15) is 11.5 Å². The SMILES string of the molecule is CCC(C)c1ccc(OC2CCN(c3ccc(N4CCOCC4)c(OC)c3)C2=O)cc1. The Morgan fingerprint density at radius 2 is 1.84 bits per heavy atom. The fourth-order valence-corrected chi connectivity index (χ4v) is 4.19. The van der Waals surface area contributed by atoms with Crippen LogP contribution >= 0.6 is 0 Å². The molecule has 0 N–H and O–H groups in total. The van der Waals surface area contributed by atoms with E-state index in [-0.39, 0.29) is 5.91 Å². The van der Waals surface area contributed by atoms with Crippen molar-refractivity contribution >= 4 is 17.3 Å². The van der Waals surface area contributed by atoms with E-state index in [4.69, 9.17) is 14.2 Å². The zero-order chi connectivity index (χ0) is 21.8. The maximum absolute atomic E-state index is 13.1. The van der Waals surface area contributed by atoms with Gasteiger partial charge in [0.05, 0.1) is 26.0 Å². The quantitative estimate of drug-likeness (QED) is 0.666. The third-order valence-corrected chi connectivity index (χ3v) is 6.32. The van der Waals surface area contributed by atoms with Gasteiger partial charge in [0.25, 0.3) is 5.91 Å². The summed E-state index contributed by atoms with van der Waals surface area (Å²) >= 11 is 0. The van der Waals surface area contributed by atoms with Crippen LogP contribution in [0, 0.1) is 0 Å². The molecule has 166 valence electrons. The summed E-state index contributed by atoms with van der Waals surface area (Å²) in [5.41, 5.74) is 3.18. The molecule has 1 amide bonds. The maximum atomic E-state index is 13.1. The molecule has 0 bridgehead atoms. The molecule has 0 saturated carbocycles. The predicted octanol–water partition coefficient (Wildman–Crippen LogP) is 4.23. The third-order valence-electron chi connectivity index (χ3n) is 6.32.